The number of halogens is 1. The molecule has 36 heavy (non-hydrogen) atoms. The average molecular weight is 494 g/mol. The van der Waals surface area contributed by atoms with Gasteiger partial charge in [0.25, 0.3) is 11.5 Å². The van der Waals surface area contributed by atoms with Crippen LogP contribution in [0.25, 0.3) is 10.8 Å². The molecule has 3 aromatic carbocycles. The van der Waals surface area contributed by atoms with Gasteiger partial charge < -0.3 is 9.88 Å². The molecule has 0 saturated heterocycles. The largest absolute Gasteiger partial charge is 0.348 e. The van der Waals surface area contributed by atoms with Gasteiger partial charge in [-0.3, -0.25) is 14.6 Å². The molecule has 0 aliphatic carbocycles. The fourth-order valence-corrected chi connectivity index (χ4v) is 4.34. The van der Waals surface area contributed by atoms with Gasteiger partial charge in [0.05, 0.1) is 12.1 Å². The lowest BCUT2D eigenvalue weighted by Crippen LogP contribution is -2.23. The highest BCUT2D eigenvalue weighted by Gasteiger charge is 2.08. The number of amides is 1. The summed E-state index contributed by atoms with van der Waals surface area (Å²) in [5, 5.41) is 5.84. The number of hydrogen-bond acceptors (Lipinski definition) is 3. The van der Waals surface area contributed by atoms with Crippen LogP contribution in [0.2, 0.25) is 5.02 Å². The number of nitrogens with zero attached hydrogens (tertiary/aromatic N) is 2. The van der Waals surface area contributed by atoms with E-state index in [1.165, 1.54) is 0 Å². The fourth-order valence-electron chi connectivity index (χ4n) is 4.16. The van der Waals surface area contributed by atoms with E-state index in [0.29, 0.717) is 30.1 Å². The zero-order valence-electron chi connectivity index (χ0n) is 19.5. The molecule has 5 aromatic rings. The Balaban J connectivity index is 1.21. The molecule has 5 rings (SSSR count). The lowest BCUT2D eigenvalue weighted by atomic mass is 10.0. The number of fused-ring (bicyclic) bond motifs is 1. The molecule has 2 aromatic heterocycles. The second-order valence-electron chi connectivity index (χ2n) is 8.75. The Bertz CT molecular complexity index is 1590. The predicted octanol–water partition coefficient (Wildman–Crippen LogP) is 5.62. The Morgan fingerprint density at radius 3 is 2.39 bits per heavy atom. The topological polar surface area (TPSA) is 64.0 Å². The van der Waals surface area contributed by atoms with E-state index in [2.05, 4.69) is 16.4 Å². The maximum atomic E-state index is 12.8. The van der Waals surface area contributed by atoms with Gasteiger partial charge in [0.2, 0.25) is 0 Å². The minimum absolute atomic E-state index is 0.0201. The predicted molar refractivity (Wildman–Crippen MR) is 143 cm³/mol. The highest BCUT2D eigenvalue weighted by atomic mass is 35.5. The zero-order chi connectivity index (χ0) is 24.9. The number of aromatic nitrogens is 2. The Hall–Kier alpha value is -4.22. The first-order chi connectivity index (χ1) is 17.5. The number of rotatable bonds is 7. The molecule has 0 fully saturated rings. The number of hydrogen-bond donors (Lipinski definition) is 1. The lowest BCUT2D eigenvalue weighted by Gasteiger charge is -2.09. The van der Waals surface area contributed by atoms with Crippen LogP contribution < -0.4 is 10.9 Å². The van der Waals surface area contributed by atoms with Crippen molar-refractivity contribution in [1.82, 2.24) is 14.9 Å². The van der Waals surface area contributed by atoms with Crippen molar-refractivity contribution in [1.29, 1.82) is 0 Å². The van der Waals surface area contributed by atoms with E-state index in [1.54, 1.807) is 35.3 Å². The Kier molecular flexibility index (Phi) is 6.92. The van der Waals surface area contributed by atoms with Gasteiger partial charge in [0, 0.05) is 36.2 Å². The van der Waals surface area contributed by atoms with Crippen LogP contribution >= 0.6 is 11.6 Å². The zero-order valence-corrected chi connectivity index (χ0v) is 20.3. The summed E-state index contributed by atoms with van der Waals surface area (Å²) >= 11 is 6.06. The third kappa shape index (κ3) is 5.70. The van der Waals surface area contributed by atoms with Gasteiger partial charge in [-0.25, -0.2) is 0 Å². The van der Waals surface area contributed by atoms with Crippen molar-refractivity contribution < 1.29 is 4.79 Å². The van der Waals surface area contributed by atoms with Crippen molar-refractivity contribution in [3.8, 4) is 0 Å². The van der Waals surface area contributed by atoms with E-state index >= 15 is 0 Å². The van der Waals surface area contributed by atoms with Crippen molar-refractivity contribution in [2.45, 2.75) is 19.5 Å². The molecule has 0 aliphatic heterocycles. The van der Waals surface area contributed by atoms with Crippen LogP contribution in [0.4, 0.5) is 0 Å². The van der Waals surface area contributed by atoms with Gasteiger partial charge >= 0.3 is 0 Å². The normalized spacial score (nSPS) is 10.9. The molecular formula is C30H24ClN3O2. The van der Waals surface area contributed by atoms with Gasteiger partial charge in [-0.15, -0.1) is 0 Å². The molecule has 0 atom stereocenters. The van der Waals surface area contributed by atoms with Crippen LogP contribution in [0.3, 0.4) is 0 Å². The van der Waals surface area contributed by atoms with Crippen molar-refractivity contribution in [2.75, 3.05) is 0 Å². The summed E-state index contributed by atoms with van der Waals surface area (Å²) in [5.74, 6) is -0.163. The van der Waals surface area contributed by atoms with E-state index in [1.807, 2.05) is 66.7 Å². The summed E-state index contributed by atoms with van der Waals surface area (Å²) in [7, 11) is 0. The van der Waals surface area contributed by atoms with Crippen molar-refractivity contribution in [2.24, 2.45) is 0 Å². The van der Waals surface area contributed by atoms with E-state index in [-0.39, 0.29) is 11.5 Å². The van der Waals surface area contributed by atoms with Crippen LogP contribution in [-0.2, 0) is 19.5 Å². The second-order valence-corrected chi connectivity index (χ2v) is 9.19. The third-order valence-corrected chi connectivity index (χ3v) is 6.30. The monoisotopic (exact) mass is 493 g/mol. The highest BCUT2D eigenvalue weighted by molar-refractivity contribution is 6.31. The van der Waals surface area contributed by atoms with Crippen LogP contribution in [0, 0.1) is 0 Å². The van der Waals surface area contributed by atoms with Crippen LogP contribution in [-0.4, -0.2) is 15.5 Å². The number of pyridine rings is 2. The molecule has 0 aliphatic rings. The standard InChI is InChI=1S/C30H24ClN3O2/c31-28-11-10-25-14-23(8-9-26(25)16-28)18-33-30(36)27-15-24(17-32-19-27)13-21-4-6-22(7-5-21)20-34-12-2-1-3-29(34)35/h1-12,14-17,19H,13,18,20H2,(H,33,36). The quantitative estimate of drug-likeness (QED) is 0.320. The molecule has 178 valence electrons. The molecule has 0 bridgehead atoms. The molecule has 1 amide bonds. The Labute approximate surface area is 214 Å². The van der Waals surface area contributed by atoms with E-state index < -0.39 is 0 Å². The third-order valence-electron chi connectivity index (χ3n) is 6.06. The highest BCUT2D eigenvalue weighted by Crippen LogP contribution is 2.20. The summed E-state index contributed by atoms with van der Waals surface area (Å²) in [4.78, 5) is 29.0. The first kappa shape index (κ1) is 23.5. The molecule has 0 spiro atoms. The summed E-state index contributed by atoms with van der Waals surface area (Å²) in [6.07, 6.45) is 5.81. The van der Waals surface area contributed by atoms with Crippen molar-refractivity contribution in [3.63, 3.8) is 0 Å². The van der Waals surface area contributed by atoms with E-state index in [0.717, 1.165) is 33.0 Å². The second kappa shape index (κ2) is 10.6. The van der Waals surface area contributed by atoms with Crippen LogP contribution in [0.1, 0.15) is 32.6 Å². The van der Waals surface area contributed by atoms with Gasteiger partial charge in [-0.1, -0.05) is 60.1 Å². The minimum Gasteiger partial charge on any atom is -0.348 e. The Morgan fingerprint density at radius 2 is 1.56 bits per heavy atom. The number of nitrogens with one attached hydrogen (secondary N) is 1. The number of carbonyl (C=O) groups excluding carboxylic acids is 1. The smallest absolute Gasteiger partial charge is 0.253 e. The minimum atomic E-state index is -0.163. The first-order valence-electron chi connectivity index (χ1n) is 11.7. The maximum absolute atomic E-state index is 12.8. The molecular weight excluding hydrogens is 470 g/mol. The summed E-state index contributed by atoms with van der Waals surface area (Å²) < 4.78 is 1.68. The number of carbonyl (C=O) groups is 1. The molecule has 2 heterocycles. The van der Waals surface area contributed by atoms with Crippen LogP contribution in [0.15, 0.2) is 108 Å². The van der Waals surface area contributed by atoms with Crippen LogP contribution in [0.5, 0.6) is 0 Å². The molecule has 0 saturated carbocycles. The summed E-state index contributed by atoms with van der Waals surface area (Å²) in [6, 6.07) is 27.0. The van der Waals surface area contributed by atoms with Gasteiger partial charge in [-0.05, 0) is 69.8 Å². The molecule has 6 heteroatoms. The van der Waals surface area contributed by atoms with Gasteiger partial charge in [0.15, 0.2) is 0 Å². The molecule has 0 radical (unpaired) electrons. The molecule has 0 unspecified atom stereocenters. The summed E-state index contributed by atoms with van der Waals surface area (Å²) in [5.41, 5.74) is 4.63. The van der Waals surface area contributed by atoms with E-state index in [9.17, 15) is 9.59 Å². The average Bonchev–Trinajstić information content (AvgIpc) is 2.90. The SMILES string of the molecule is O=C(NCc1ccc2cc(Cl)ccc2c1)c1cncc(Cc2ccc(Cn3ccccc3=O)cc2)c1. The first-order valence-corrected chi connectivity index (χ1v) is 12.0. The Morgan fingerprint density at radius 1 is 0.806 bits per heavy atom. The van der Waals surface area contributed by atoms with Crippen molar-refractivity contribution >= 4 is 28.3 Å². The molecule has 1 N–H and O–H groups in total. The fraction of sp³-hybridized carbons (Fsp3) is 0.100. The maximum Gasteiger partial charge on any atom is 0.253 e. The van der Waals surface area contributed by atoms with Crippen molar-refractivity contribution in [3.05, 3.63) is 147 Å². The van der Waals surface area contributed by atoms with Gasteiger partial charge in [-0.2, -0.15) is 0 Å². The molecule has 5 nitrogen and oxygen atoms in total. The summed E-state index contributed by atoms with van der Waals surface area (Å²) in [6.45, 7) is 0.954. The lowest BCUT2D eigenvalue weighted by molar-refractivity contribution is 0.0950. The van der Waals surface area contributed by atoms with E-state index in [4.69, 9.17) is 11.6 Å². The van der Waals surface area contributed by atoms with Gasteiger partial charge in [0.1, 0.15) is 0 Å². The number of benzene rings is 3.